The molecule has 0 radical (unpaired) electrons. The van der Waals surface area contributed by atoms with Gasteiger partial charge in [-0.3, -0.25) is 4.79 Å². The van der Waals surface area contributed by atoms with Crippen molar-refractivity contribution in [2.24, 2.45) is 0 Å². The fraction of sp³-hybridized carbons (Fsp3) is 0.500. The van der Waals surface area contributed by atoms with E-state index in [1.54, 1.807) is 19.1 Å². The molecule has 2 aliphatic rings. The maximum Gasteiger partial charge on any atom is 0.217 e. The Morgan fingerprint density at radius 2 is 1.77 bits per heavy atom. The van der Waals surface area contributed by atoms with Crippen molar-refractivity contribution in [3.05, 3.63) is 65.0 Å². The van der Waals surface area contributed by atoms with Gasteiger partial charge in [0.05, 0.1) is 0 Å². The number of anilines is 1. The van der Waals surface area contributed by atoms with E-state index in [0.717, 1.165) is 51.0 Å². The number of benzene rings is 2. The molecule has 0 bridgehead atoms. The Labute approximate surface area is 185 Å². The van der Waals surface area contributed by atoms with Gasteiger partial charge in [0.25, 0.3) is 0 Å². The van der Waals surface area contributed by atoms with Gasteiger partial charge < -0.3 is 15.1 Å². The number of halogens is 1. The number of nitrogens with zero attached hydrogens (tertiary/aromatic N) is 2. The van der Waals surface area contributed by atoms with Crippen molar-refractivity contribution in [3.63, 3.8) is 0 Å². The molecular formula is C26H34FN3O. The number of amides is 1. The lowest BCUT2D eigenvalue weighted by molar-refractivity contribution is -0.119. The van der Waals surface area contributed by atoms with Crippen molar-refractivity contribution in [1.29, 1.82) is 0 Å². The minimum atomic E-state index is -0.168. The monoisotopic (exact) mass is 423 g/mol. The van der Waals surface area contributed by atoms with Crippen LogP contribution in [0.25, 0.3) is 0 Å². The Hall–Kier alpha value is -2.40. The number of fused-ring (bicyclic) bond motifs is 1. The highest BCUT2D eigenvalue weighted by Crippen LogP contribution is 2.43. The van der Waals surface area contributed by atoms with E-state index in [0.29, 0.717) is 12.6 Å². The number of hydrogen-bond donors (Lipinski definition) is 1. The van der Waals surface area contributed by atoms with Crippen LogP contribution in [0.5, 0.6) is 0 Å². The molecule has 0 aliphatic carbocycles. The summed E-state index contributed by atoms with van der Waals surface area (Å²) in [5.41, 5.74) is 5.26. The Balaban J connectivity index is 1.38. The fourth-order valence-corrected chi connectivity index (χ4v) is 5.04. The second-order valence-electron chi connectivity index (χ2n) is 9.72. The van der Waals surface area contributed by atoms with E-state index in [-0.39, 0.29) is 17.1 Å². The molecule has 1 amide bonds. The molecule has 1 saturated heterocycles. The molecule has 2 aromatic rings. The van der Waals surface area contributed by atoms with Crippen molar-refractivity contribution < 1.29 is 9.18 Å². The first kappa shape index (κ1) is 21.8. The lowest BCUT2D eigenvalue weighted by Crippen LogP contribution is -2.46. The van der Waals surface area contributed by atoms with E-state index in [1.807, 2.05) is 12.1 Å². The highest BCUT2D eigenvalue weighted by atomic mass is 19.1. The quantitative estimate of drug-likeness (QED) is 0.754. The molecule has 31 heavy (non-hydrogen) atoms. The van der Waals surface area contributed by atoms with Crippen LogP contribution in [0.1, 0.15) is 50.3 Å². The summed E-state index contributed by atoms with van der Waals surface area (Å²) in [7, 11) is 0. The van der Waals surface area contributed by atoms with Gasteiger partial charge in [-0.25, -0.2) is 4.39 Å². The van der Waals surface area contributed by atoms with Crippen molar-refractivity contribution in [2.45, 2.75) is 58.0 Å². The molecule has 166 valence electrons. The molecule has 1 N–H and O–H groups in total. The van der Waals surface area contributed by atoms with Gasteiger partial charge in [0.1, 0.15) is 5.82 Å². The fourth-order valence-electron chi connectivity index (χ4n) is 5.04. The number of carbonyl (C=O) groups excluding carboxylic acids is 1. The summed E-state index contributed by atoms with van der Waals surface area (Å²) in [6.07, 6.45) is 3.29. The summed E-state index contributed by atoms with van der Waals surface area (Å²) in [5.74, 6) is -0.163. The third kappa shape index (κ3) is 5.09. The molecule has 0 saturated carbocycles. The number of rotatable bonds is 6. The van der Waals surface area contributed by atoms with Crippen LogP contribution in [0.4, 0.5) is 10.1 Å². The molecule has 4 rings (SSSR count). The van der Waals surface area contributed by atoms with Crippen LogP contribution in [0.15, 0.2) is 42.5 Å². The maximum absolute atomic E-state index is 13.1. The second kappa shape index (κ2) is 8.99. The lowest BCUT2D eigenvalue weighted by Gasteiger charge is -2.39. The molecule has 5 heteroatoms. The average molecular weight is 424 g/mol. The maximum atomic E-state index is 13.1. The zero-order chi connectivity index (χ0) is 22.0. The highest BCUT2D eigenvalue weighted by molar-refractivity contribution is 5.73. The van der Waals surface area contributed by atoms with Gasteiger partial charge in [0.2, 0.25) is 5.91 Å². The summed E-state index contributed by atoms with van der Waals surface area (Å²) >= 11 is 0. The summed E-state index contributed by atoms with van der Waals surface area (Å²) in [6, 6.07) is 14.1. The van der Waals surface area contributed by atoms with Gasteiger partial charge >= 0.3 is 0 Å². The summed E-state index contributed by atoms with van der Waals surface area (Å²) in [5, 5.41) is 2.92. The normalized spacial score (nSPS) is 18.8. The summed E-state index contributed by atoms with van der Waals surface area (Å²) < 4.78 is 13.1. The van der Waals surface area contributed by atoms with E-state index in [2.05, 4.69) is 47.2 Å². The zero-order valence-corrected chi connectivity index (χ0v) is 19.0. The minimum absolute atomic E-state index is 0.00527. The largest absolute Gasteiger partial charge is 0.367 e. The molecule has 4 nitrogen and oxygen atoms in total. The minimum Gasteiger partial charge on any atom is -0.367 e. The van der Waals surface area contributed by atoms with Gasteiger partial charge in [0, 0.05) is 56.8 Å². The van der Waals surface area contributed by atoms with E-state index >= 15 is 0 Å². The first-order chi connectivity index (χ1) is 14.8. The van der Waals surface area contributed by atoms with Crippen LogP contribution in [0.2, 0.25) is 0 Å². The number of nitrogens with one attached hydrogen (secondary N) is 1. The van der Waals surface area contributed by atoms with Gasteiger partial charge in [0.15, 0.2) is 0 Å². The molecule has 2 heterocycles. The third-order valence-corrected chi connectivity index (χ3v) is 6.84. The van der Waals surface area contributed by atoms with Gasteiger partial charge in [-0.05, 0) is 54.2 Å². The molecular weight excluding hydrogens is 389 g/mol. The smallest absolute Gasteiger partial charge is 0.217 e. The van der Waals surface area contributed by atoms with Crippen LogP contribution in [-0.2, 0) is 23.2 Å². The predicted octanol–water partition coefficient (Wildman–Crippen LogP) is 4.27. The van der Waals surface area contributed by atoms with Crippen molar-refractivity contribution in [1.82, 2.24) is 10.2 Å². The molecule has 1 fully saturated rings. The highest BCUT2D eigenvalue weighted by Gasteiger charge is 2.39. The molecule has 0 aromatic heterocycles. The van der Waals surface area contributed by atoms with Crippen molar-refractivity contribution >= 4 is 11.6 Å². The molecule has 2 aliphatic heterocycles. The Bertz CT molecular complexity index is 917. The average Bonchev–Trinajstić information content (AvgIpc) is 3.02. The summed E-state index contributed by atoms with van der Waals surface area (Å²) in [4.78, 5) is 16.5. The first-order valence-corrected chi connectivity index (χ1v) is 11.4. The molecule has 0 atom stereocenters. The lowest BCUT2D eigenvalue weighted by atomic mass is 9.86. The number of hydrogen-bond acceptors (Lipinski definition) is 3. The van der Waals surface area contributed by atoms with Crippen LogP contribution < -0.4 is 10.2 Å². The first-order valence-electron chi connectivity index (χ1n) is 11.4. The third-order valence-electron chi connectivity index (χ3n) is 6.84. The Morgan fingerprint density at radius 1 is 1.10 bits per heavy atom. The van der Waals surface area contributed by atoms with Gasteiger partial charge in [-0.15, -0.1) is 0 Å². The van der Waals surface area contributed by atoms with E-state index in [4.69, 9.17) is 0 Å². The van der Waals surface area contributed by atoms with Crippen LogP contribution in [-0.4, -0.2) is 43.0 Å². The van der Waals surface area contributed by atoms with Crippen LogP contribution in [0.3, 0.4) is 0 Å². The predicted molar refractivity (Wildman–Crippen MR) is 124 cm³/mol. The van der Waals surface area contributed by atoms with Crippen LogP contribution >= 0.6 is 0 Å². The SMILES string of the molecule is CC(=O)NCc1ccc2c(c1)N(C1CCN(CCc3ccc(F)cc3)CC1)CC2(C)C. The standard InChI is InChI=1S/C26H34FN3O/c1-19(31)28-17-21-6-9-24-25(16-21)30(18-26(24,2)3)23-11-14-29(15-12-23)13-10-20-4-7-22(27)8-5-20/h4-9,16,23H,10-15,17-18H2,1-3H3,(H,28,31). The Morgan fingerprint density at radius 3 is 2.45 bits per heavy atom. The van der Waals surface area contributed by atoms with E-state index < -0.39 is 0 Å². The van der Waals surface area contributed by atoms with Crippen molar-refractivity contribution in [2.75, 3.05) is 31.1 Å². The van der Waals surface area contributed by atoms with Gasteiger partial charge in [-0.1, -0.05) is 38.1 Å². The van der Waals surface area contributed by atoms with Crippen molar-refractivity contribution in [3.8, 4) is 0 Å². The van der Waals surface area contributed by atoms with Crippen LogP contribution in [0, 0.1) is 5.82 Å². The zero-order valence-electron chi connectivity index (χ0n) is 19.0. The molecule has 0 unspecified atom stereocenters. The second-order valence-corrected chi connectivity index (χ2v) is 9.72. The number of likely N-dealkylation sites (tertiary alicyclic amines) is 1. The number of piperidine rings is 1. The van der Waals surface area contributed by atoms with Gasteiger partial charge in [-0.2, -0.15) is 0 Å². The molecule has 0 spiro atoms. The molecule has 2 aromatic carbocycles. The Kier molecular flexibility index (Phi) is 6.33. The summed E-state index contributed by atoms with van der Waals surface area (Å²) in [6.45, 7) is 11.1. The topological polar surface area (TPSA) is 35.6 Å². The number of carbonyl (C=O) groups is 1. The van der Waals surface area contributed by atoms with E-state index in [1.165, 1.54) is 16.8 Å². The van der Waals surface area contributed by atoms with E-state index in [9.17, 15) is 9.18 Å².